The Hall–Kier alpha value is -1.82. The number of phenolic OH excluding ortho intramolecular Hbond substituents is 1. The van der Waals surface area contributed by atoms with Gasteiger partial charge in [0, 0.05) is 11.5 Å². The number of hydrogen-bond acceptors (Lipinski definition) is 5. The van der Waals surface area contributed by atoms with Crippen LogP contribution in [0, 0.1) is 5.92 Å². The average molecular weight is 530 g/mol. The van der Waals surface area contributed by atoms with Gasteiger partial charge in [0.15, 0.2) is 0 Å². The summed E-state index contributed by atoms with van der Waals surface area (Å²) in [5.74, 6) is 1.45. The van der Waals surface area contributed by atoms with Crippen molar-refractivity contribution in [3.63, 3.8) is 0 Å². The van der Waals surface area contributed by atoms with Crippen molar-refractivity contribution in [2.45, 2.75) is 117 Å². The van der Waals surface area contributed by atoms with Crippen molar-refractivity contribution >= 4 is 0 Å². The molecule has 5 nitrogen and oxygen atoms in total. The van der Waals surface area contributed by atoms with Crippen LogP contribution >= 0.6 is 0 Å². The summed E-state index contributed by atoms with van der Waals surface area (Å²) in [6.07, 6.45) is 10.4. The van der Waals surface area contributed by atoms with Crippen LogP contribution < -0.4 is 10.5 Å². The minimum atomic E-state index is -0.330. The summed E-state index contributed by atoms with van der Waals surface area (Å²) in [7, 11) is 0. The Balaban J connectivity index is 2.13. The number of ether oxygens (including phenoxy) is 3. The van der Waals surface area contributed by atoms with Crippen molar-refractivity contribution < 1.29 is 19.3 Å². The number of aryl methyl sites for hydroxylation is 1. The van der Waals surface area contributed by atoms with E-state index in [1.807, 2.05) is 6.07 Å². The molecule has 0 bridgehead atoms. The summed E-state index contributed by atoms with van der Waals surface area (Å²) in [5, 5.41) is 11.3. The van der Waals surface area contributed by atoms with Gasteiger partial charge in [-0.1, -0.05) is 43.6 Å². The highest BCUT2D eigenvalue weighted by atomic mass is 16.5. The maximum absolute atomic E-state index is 11.3. The Labute approximate surface area is 232 Å². The Kier molecular flexibility index (Phi) is 12.9. The van der Waals surface area contributed by atoms with Crippen LogP contribution in [0.3, 0.4) is 0 Å². The molecule has 216 valence electrons. The summed E-state index contributed by atoms with van der Waals surface area (Å²) in [4.78, 5) is 0. The number of benzene rings is 1. The molecule has 2 rings (SSSR count). The summed E-state index contributed by atoms with van der Waals surface area (Å²) in [6.45, 7) is 21.2. The highest BCUT2D eigenvalue weighted by molar-refractivity contribution is 5.52. The zero-order valence-corrected chi connectivity index (χ0v) is 25.3. The van der Waals surface area contributed by atoms with Gasteiger partial charge in [-0.05, 0) is 110 Å². The second kappa shape index (κ2) is 15.1. The van der Waals surface area contributed by atoms with Gasteiger partial charge in [-0.3, -0.25) is 0 Å². The molecule has 1 aromatic rings. The summed E-state index contributed by atoms with van der Waals surface area (Å²) in [6, 6.07) is 4.08. The molecule has 1 aliphatic carbocycles. The molecule has 3 N–H and O–H groups in total. The van der Waals surface area contributed by atoms with E-state index in [9.17, 15) is 5.11 Å². The number of hydrogen-bond donors (Lipinski definition) is 2. The molecule has 0 aromatic heterocycles. The number of nitrogens with two attached hydrogens (primary N) is 1. The summed E-state index contributed by atoms with van der Waals surface area (Å²) >= 11 is 0. The first-order valence-electron chi connectivity index (χ1n) is 14.7. The van der Waals surface area contributed by atoms with Crippen LogP contribution in [0.2, 0.25) is 0 Å². The van der Waals surface area contributed by atoms with Gasteiger partial charge in [-0.25, -0.2) is 0 Å². The van der Waals surface area contributed by atoms with Gasteiger partial charge in [0.05, 0.1) is 24.4 Å². The number of rotatable bonds is 17. The van der Waals surface area contributed by atoms with Crippen molar-refractivity contribution in [2.75, 3.05) is 26.4 Å². The van der Waals surface area contributed by atoms with Crippen molar-refractivity contribution in [2.24, 2.45) is 11.7 Å². The lowest BCUT2D eigenvalue weighted by atomic mass is 9.73. The Morgan fingerprint density at radius 2 is 1.74 bits per heavy atom. The molecule has 5 heteroatoms. The Bertz CT molecular complexity index is 918. The van der Waals surface area contributed by atoms with Gasteiger partial charge in [0.2, 0.25) is 0 Å². The minimum absolute atomic E-state index is 0.0623. The molecule has 0 heterocycles. The summed E-state index contributed by atoms with van der Waals surface area (Å²) < 4.78 is 18.6. The molecule has 2 atom stereocenters. The second-order valence-electron chi connectivity index (χ2n) is 12.4. The molecule has 1 aromatic carbocycles. The molecule has 0 saturated carbocycles. The van der Waals surface area contributed by atoms with E-state index >= 15 is 0 Å². The fraction of sp³-hybridized carbons (Fsp3) is 0.697. The standard InChI is InChI=1S/C33H55NO4/c1-9-10-11-12-26-22-29(35)31(28-21-25(4)13-14-27(28)24(2)3)30(23-26)36-19-20-38-33(7,8)16-18-37-32(5,6)15-17-34/h21-23,27-28,35H,2,9-20,34H2,1,3-8H3. The quantitative estimate of drug-likeness (QED) is 0.159. The SMILES string of the molecule is C=C(C)C1CCC(C)=CC1c1c(O)cc(CCCCC)cc1OCCOC(C)(C)CCOC(C)(C)CCN. The maximum atomic E-state index is 11.3. The van der Waals surface area contributed by atoms with Crippen LogP contribution in [0.25, 0.3) is 0 Å². The molecule has 1 aliphatic rings. The van der Waals surface area contributed by atoms with Gasteiger partial charge >= 0.3 is 0 Å². The largest absolute Gasteiger partial charge is 0.507 e. The first-order valence-corrected chi connectivity index (χ1v) is 14.7. The molecule has 0 aliphatic heterocycles. The molecule has 38 heavy (non-hydrogen) atoms. The van der Waals surface area contributed by atoms with Crippen molar-refractivity contribution in [3.8, 4) is 11.5 Å². The molecular formula is C33H55NO4. The molecule has 0 radical (unpaired) electrons. The topological polar surface area (TPSA) is 73.9 Å². The van der Waals surface area contributed by atoms with E-state index in [4.69, 9.17) is 19.9 Å². The predicted octanol–water partition coefficient (Wildman–Crippen LogP) is 7.85. The van der Waals surface area contributed by atoms with Gasteiger partial charge in [-0.2, -0.15) is 0 Å². The minimum Gasteiger partial charge on any atom is -0.507 e. The molecule has 0 fully saturated rings. The molecular weight excluding hydrogens is 474 g/mol. The molecule has 0 amide bonds. The fourth-order valence-corrected chi connectivity index (χ4v) is 5.29. The number of unbranched alkanes of at least 4 members (excludes halogenated alkanes) is 2. The van der Waals surface area contributed by atoms with Crippen molar-refractivity contribution in [1.82, 2.24) is 0 Å². The Morgan fingerprint density at radius 1 is 1.05 bits per heavy atom. The highest BCUT2D eigenvalue weighted by Gasteiger charge is 2.31. The monoisotopic (exact) mass is 529 g/mol. The highest BCUT2D eigenvalue weighted by Crippen LogP contribution is 2.47. The van der Waals surface area contributed by atoms with Gasteiger partial charge in [0.25, 0.3) is 0 Å². The molecule has 0 saturated heterocycles. The van der Waals surface area contributed by atoms with Gasteiger partial charge in [-0.15, -0.1) is 0 Å². The first-order chi connectivity index (χ1) is 17.9. The van der Waals surface area contributed by atoms with Crippen LogP contribution in [0.5, 0.6) is 11.5 Å². The number of allylic oxidation sites excluding steroid dienone is 3. The van der Waals surface area contributed by atoms with Gasteiger partial charge in [0.1, 0.15) is 18.1 Å². The summed E-state index contributed by atoms with van der Waals surface area (Å²) in [5.41, 5.74) is 9.65. The normalized spacial score (nSPS) is 18.4. The second-order valence-corrected chi connectivity index (χ2v) is 12.4. The van der Waals surface area contributed by atoms with Crippen LogP contribution in [-0.2, 0) is 15.9 Å². The predicted molar refractivity (Wildman–Crippen MR) is 159 cm³/mol. The van der Waals surface area contributed by atoms with E-state index in [0.717, 1.165) is 61.0 Å². The zero-order chi connectivity index (χ0) is 28.3. The van der Waals surface area contributed by atoms with E-state index < -0.39 is 0 Å². The van der Waals surface area contributed by atoms with Crippen LogP contribution in [0.15, 0.2) is 35.9 Å². The number of phenols is 1. The van der Waals surface area contributed by atoms with Crippen molar-refractivity contribution in [3.05, 3.63) is 47.1 Å². The van der Waals surface area contributed by atoms with Gasteiger partial charge < -0.3 is 25.1 Å². The lowest BCUT2D eigenvalue weighted by molar-refractivity contribution is -0.0779. The molecule has 0 spiro atoms. The molecule has 2 unspecified atom stereocenters. The smallest absolute Gasteiger partial charge is 0.127 e. The third kappa shape index (κ3) is 10.4. The Morgan fingerprint density at radius 3 is 2.39 bits per heavy atom. The average Bonchev–Trinajstić information content (AvgIpc) is 2.81. The van der Waals surface area contributed by atoms with E-state index in [2.05, 4.69) is 67.2 Å². The zero-order valence-electron chi connectivity index (χ0n) is 25.3. The van der Waals surface area contributed by atoms with Crippen LogP contribution in [0.4, 0.5) is 0 Å². The third-order valence-electron chi connectivity index (χ3n) is 7.74. The van der Waals surface area contributed by atoms with E-state index in [0.29, 0.717) is 32.1 Å². The lowest BCUT2D eigenvalue weighted by Gasteiger charge is -2.32. The number of aromatic hydroxyl groups is 1. The first kappa shape index (κ1) is 32.4. The maximum Gasteiger partial charge on any atom is 0.127 e. The van der Waals surface area contributed by atoms with Crippen LogP contribution in [-0.4, -0.2) is 42.7 Å². The van der Waals surface area contributed by atoms with Crippen molar-refractivity contribution in [1.29, 1.82) is 0 Å². The van der Waals surface area contributed by atoms with E-state index in [1.165, 1.54) is 18.4 Å². The van der Waals surface area contributed by atoms with Crippen LogP contribution in [0.1, 0.15) is 110 Å². The fourth-order valence-electron chi connectivity index (χ4n) is 5.29. The van der Waals surface area contributed by atoms with E-state index in [-0.39, 0.29) is 23.0 Å². The van der Waals surface area contributed by atoms with E-state index in [1.54, 1.807) is 0 Å². The third-order valence-corrected chi connectivity index (χ3v) is 7.74. The lowest BCUT2D eigenvalue weighted by Crippen LogP contribution is -2.33.